The van der Waals surface area contributed by atoms with Gasteiger partial charge in [-0.05, 0) is 48.2 Å². The van der Waals surface area contributed by atoms with E-state index in [2.05, 4.69) is 46.5 Å². The van der Waals surface area contributed by atoms with Gasteiger partial charge < -0.3 is 10.2 Å². The molecule has 1 aliphatic heterocycles. The molecule has 1 aromatic carbocycles. The van der Waals surface area contributed by atoms with E-state index in [1.165, 1.54) is 0 Å². The maximum atomic E-state index is 12.4. The Bertz CT molecular complexity index is 691. The zero-order valence-corrected chi connectivity index (χ0v) is 15.1. The van der Waals surface area contributed by atoms with Crippen LogP contribution in [0.5, 0.6) is 0 Å². The molecule has 0 saturated carbocycles. The fourth-order valence-electron chi connectivity index (χ4n) is 2.97. The highest BCUT2D eigenvalue weighted by molar-refractivity contribution is 5.79. The summed E-state index contributed by atoms with van der Waals surface area (Å²) in [5.41, 5.74) is 0.938. The van der Waals surface area contributed by atoms with Gasteiger partial charge in [-0.3, -0.25) is 4.79 Å². The maximum Gasteiger partial charge on any atom is 0.250 e. The van der Waals surface area contributed by atoms with Crippen LogP contribution in [0.3, 0.4) is 0 Å². The minimum absolute atomic E-state index is 0.0681. The molecular weight excluding hydrogens is 316 g/mol. The van der Waals surface area contributed by atoms with Crippen molar-refractivity contribution in [3.63, 3.8) is 0 Å². The molecule has 2 aromatic rings. The molecule has 1 N–H and O–H groups in total. The number of hydrogen-bond acceptors (Lipinski definition) is 5. The second kappa shape index (κ2) is 7.63. The van der Waals surface area contributed by atoms with Gasteiger partial charge in [0.15, 0.2) is 0 Å². The average Bonchev–Trinajstić information content (AvgIpc) is 3.12. The maximum absolute atomic E-state index is 12.4. The van der Waals surface area contributed by atoms with E-state index in [0.717, 1.165) is 37.6 Å². The Morgan fingerprint density at radius 1 is 1.16 bits per heavy atom. The monoisotopic (exact) mass is 342 g/mol. The van der Waals surface area contributed by atoms with E-state index in [9.17, 15) is 4.79 Å². The van der Waals surface area contributed by atoms with Crippen molar-refractivity contribution in [2.45, 2.75) is 39.7 Å². The predicted octanol–water partition coefficient (Wildman–Crippen LogP) is 2.04. The molecule has 1 aliphatic rings. The Morgan fingerprint density at radius 2 is 1.84 bits per heavy atom. The molecule has 1 amide bonds. The Hall–Kier alpha value is -2.44. The van der Waals surface area contributed by atoms with Gasteiger partial charge >= 0.3 is 0 Å². The Morgan fingerprint density at radius 3 is 2.48 bits per heavy atom. The van der Waals surface area contributed by atoms with Crippen LogP contribution in [0.25, 0.3) is 5.69 Å². The van der Waals surface area contributed by atoms with E-state index in [1.54, 1.807) is 4.68 Å². The zero-order chi connectivity index (χ0) is 17.8. The molecule has 134 valence electrons. The number of rotatable bonds is 5. The Labute approximate surface area is 148 Å². The fraction of sp³-hybridized carbons (Fsp3) is 0.556. The van der Waals surface area contributed by atoms with Gasteiger partial charge in [0.05, 0.1) is 5.69 Å². The number of carbonyl (C=O) groups is 1. The van der Waals surface area contributed by atoms with E-state index in [4.69, 9.17) is 0 Å². The molecule has 3 rings (SSSR count). The van der Waals surface area contributed by atoms with Crippen LogP contribution in [0.1, 0.15) is 33.6 Å². The number of anilines is 1. The molecule has 0 bridgehead atoms. The van der Waals surface area contributed by atoms with E-state index in [-0.39, 0.29) is 17.9 Å². The van der Waals surface area contributed by atoms with Gasteiger partial charge in [0.1, 0.15) is 0 Å². The van der Waals surface area contributed by atoms with Crippen molar-refractivity contribution < 1.29 is 4.79 Å². The molecule has 1 aromatic heterocycles. The van der Waals surface area contributed by atoms with Gasteiger partial charge in [0.2, 0.25) is 11.9 Å². The number of tetrazole rings is 1. The second-order valence-electron chi connectivity index (χ2n) is 7.03. The van der Waals surface area contributed by atoms with Gasteiger partial charge in [-0.2, -0.15) is 4.68 Å². The van der Waals surface area contributed by atoms with Gasteiger partial charge in [0.25, 0.3) is 0 Å². The van der Waals surface area contributed by atoms with Gasteiger partial charge in [-0.15, -0.1) is 0 Å². The van der Waals surface area contributed by atoms with Crippen molar-refractivity contribution in [3.8, 4) is 5.69 Å². The van der Waals surface area contributed by atoms with Gasteiger partial charge in [-0.25, -0.2) is 0 Å². The van der Waals surface area contributed by atoms with Crippen molar-refractivity contribution in [2.24, 2.45) is 11.8 Å². The molecule has 1 fully saturated rings. The van der Waals surface area contributed by atoms with E-state index in [1.807, 2.05) is 30.3 Å². The van der Waals surface area contributed by atoms with Crippen molar-refractivity contribution in [1.82, 2.24) is 25.5 Å². The highest BCUT2D eigenvalue weighted by Gasteiger charge is 2.28. The summed E-state index contributed by atoms with van der Waals surface area (Å²) < 4.78 is 1.75. The van der Waals surface area contributed by atoms with Crippen LogP contribution in [-0.2, 0) is 4.79 Å². The first-order chi connectivity index (χ1) is 12.1. The third-order valence-corrected chi connectivity index (χ3v) is 4.97. The quantitative estimate of drug-likeness (QED) is 0.900. The smallest absolute Gasteiger partial charge is 0.250 e. The van der Waals surface area contributed by atoms with Crippen LogP contribution >= 0.6 is 0 Å². The molecule has 7 nitrogen and oxygen atoms in total. The predicted molar refractivity (Wildman–Crippen MR) is 96.5 cm³/mol. The van der Waals surface area contributed by atoms with Crippen molar-refractivity contribution in [1.29, 1.82) is 0 Å². The molecule has 1 saturated heterocycles. The minimum Gasteiger partial charge on any atom is -0.353 e. The summed E-state index contributed by atoms with van der Waals surface area (Å²) >= 11 is 0. The Balaban J connectivity index is 1.62. The second-order valence-corrected chi connectivity index (χ2v) is 7.03. The topological polar surface area (TPSA) is 75.9 Å². The first kappa shape index (κ1) is 17.4. The van der Waals surface area contributed by atoms with Gasteiger partial charge in [0, 0.05) is 25.0 Å². The van der Waals surface area contributed by atoms with E-state index < -0.39 is 0 Å². The SMILES string of the molecule is CC(C)C(C)NC(=O)C1CCN(c2nnnn2-c2ccccc2)CC1. The van der Waals surface area contributed by atoms with E-state index in [0.29, 0.717) is 5.92 Å². The number of carbonyl (C=O) groups excluding carboxylic acids is 1. The van der Waals surface area contributed by atoms with Gasteiger partial charge in [-0.1, -0.05) is 37.1 Å². The number of piperidine rings is 1. The van der Waals surface area contributed by atoms with E-state index >= 15 is 0 Å². The molecule has 2 heterocycles. The summed E-state index contributed by atoms with van der Waals surface area (Å²) in [4.78, 5) is 14.6. The lowest BCUT2D eigenvalue weighted by Crippen LogP contribution is -2.45. The number of nitrogens with zero attached hydrogens (tertiary/aromatic N) is 5. The summed E-state index contributed by atoms with van der Waals surface area (Å²) in [7, 11) is 0. The normalized spacial score (nSPS) is 16.9. The summed E-state index contributed by atoms with van der Waals surface area (Å²) in [6.07, 6.45) is 1.64. The first-order valence-electron chi connectivity index (χ1n) is 8.95. The van der Waals surface area contributed by atoms with Crippen LogP contribution < -0.4 is 10.2 Å². The van der Waals surface area contributed by atoms with Crippen LogP contribution in [-0.4, -0.2) is 45.2 Å². The summed E-state index contributed by atoms with van der Waals surface area (Å²) in [5, 5.41) is 15.3. The number of para-hydroxylation sites is 1. The standard InChI is InChI=1S/C18H26N6O/c1-13(2)14(3)19-17(25)15-9-11-23(12-10-15)18-20-21-22-24(18)16-7-5-4-6-8-16/h4-8,13-15H,9-12H2,1-3H3,(H,19,25). The number of amides is 1. The lowest BCUT2D eigenvalue weighted by molar-refractivity contribution is -0.126. The Kier molecular flexibility index (Phi) is 5.31. The van der Waals surface area contributed by atoms with Crippen LogP contribution in [0.2, 0.25) is 0 Å². The average molecular weight is 342 g/mol. The van der Waals surface area contributed by atoms with Crippen molar-refractivity contribution >= 4 is 11.9 Å². The number of hydrogen-bond donors (Lipinski definition) is 1. The molecule has 7 heteroatoms. The lowest BCUT2D eigenvalue weighted by Gasteiger charge is -2.32. The highest BCUT2D eigenvalue weighted by Crippen LogP contribution is 2.23. The summed E-state index contributed by atoms with van der Waals surface area (Å²) in [6.45, 7) is 7.86. The molecular formula is C18H26N6O. The minimum atomic E-state index is 0.0681. The number of aromatic nitrogens is 4. The highest BCUT2D eigenvalue weighted by atomic mass is 16.1. The zero-order valence-electron chi connectivity index (χ0n) is 15.1. The number of nitrogens with one attached hydrogen (secondary N) is 1. The molecule has 0 radical (unpaired) electrons. The number of benzene rings is 1. The molecule has 1 unspecified atom stereocenters. The molecule has 0 spiro atoms. The van der Waals surface area contributed by atoms with Crippen LogP contribution in [0.15, 0.2) is 30.3 Å². The fourth-order valence-corrected chi connectivity index (χ4v) is 2.97. The molecule has 25 heavy (non-hydrogen) atoms. The van der Waals surface area contributed by atoms with Crippen molar-refractivity contribution in [3.05, 3.63) is 30.3 Å². The third-order valence-electron chi connectivity index (χ3n) is 4.97. The van der Waals surface area contributed by atoms with Crippen LogP contribution in [0.4, 0.5) is 5.95 Å². The molecule has 0 aliphatic carbocycles. The summed E-state index contributed by atoms with van der Waals surface area (Å²) in [5.74, 6) is 1.42. The third kappa shape index (κ3) is 3.97. The van der Waals surface area contributed by atoms with Crippen molar-refractivity contribution in [2.75, 3.05) is 18.0 Å². The van der Waals surface area contributed by atoms with Crippen LogP contribution in [0, 0.1) is 11.8 Å². The molecule has 1 atom stereocenters. The first-order valence-corrected chi connectivity index (χ1v) is 8.95. The lowest BCUT2D eigenvalue weighted by atomic mass is 9.95. The largest absolute Gasteiger partial charge is 0.353 e. The summed E-state index contributed by atoms with van der Waals surface area (Å²) in [6, 6.07) is 10.1.